The van der Waals surface area contributed by atoms with Crippen LogP contribution in [0, 0.1) is 5.82 Å². The van der Waals surface area contributed by atoms with Gasteiger partial charge >= 0.3 is 5.97 Å². The molecule has 0 fully saturated rings. The van der Waals surface area contributed by atoms with E-state index in [0.29, 0.717) is 12.2 Å². The van der Waals surface area contributed by atoms with Gasteiger partial charge in [0.2, 0.25) is 0 Å². The van der Waals surface area contributed by atoms with E-state index in [-0.39, 0.29) is 5.56 Å². The molecule has 0 aromatic heterocycles. The summed E-state index contributed by atoms with van der Waals surface area (Å²) in [6, 6.07) is 11.1. The molecule has 2 aromatic rings. The molecule has 0 radical (unpaired) electrons. The molecule has 5 heteroatoms. The minimum atomic E-state index is -1.16. The largest absolute Gasteiger partial charge is 0.497 e. The Bertz CT molecular complexity index is 611. The lowest BCUT2D eigenvalue weighted by molar-refractivity contribution is 0.0696. The molecule has 0 heterocycles. The van der Waals surface area contributed by atoms with Crippen LogP contribution in [-0.4, -0.2) is 18.2 Å². The normalized spacial score (nSPS) is 10.1. The number of aromatic carboxylic acids is 1. The first-order chi connectivity index (χ1) is 9.58. The van der Waals surface area contributed by atoms with Crippen molar-refractivity contribution in [3.63, 3.8) is 0 Å². The molecule has 2 N–H and O–H groups in total. The highest BCUT2D eigenvalue weighted by atomic mass is 19.1. The molecule has 104 valence electrons. The lowest BCUT2D eigenvalue weighted by Crippen LogP contribution is -2.03. The van der Waals surface area contributed by atoms with Crippen molar-refractivity contribution in [1.29, 1.82) is 0 Å². The van der Waals surface area contributed by atoms with Crippen molar-refractivity contribution in [3.8, 4) is 5.75 Å². The number of rotatable bonds is 5. The molecule has 20 heavy (non-hydrogen) atoms. The highest BCUT2D eigenvalue weighted by Crippen LogP contribution is 2.16. The zero-order valence-electron chi connectivity index (χ0n) is 10.9. The second-order valence-electron chi connectivity index (χ2n) is 4.24. The van der Waals surface area contributed by atoms with E-state index in [2.05, 4.69) is 5.32 Å². The van der Waals surface area contributed by atoms with E-state index in [0.717, 1.165) is 17.4 Å². The van der Waals surface area contributed by atoms with Gasteiger partial charge in [-0.05, 0) is 35.9 Å². The minimum Gasteiger partial charge on any atom is -0.497 e. The summed E-state index contributed by atoms with van der Waals surface area (Å²) in [7, 11) is 1.59. The number of ether oxygens (including phenoxy) is 1. The van der Waals surface area contributed by atoms with Crippen molar-refractivity contribution < 1.29 is 19.0 Å². The van der Waals surface area contributed by atoms with Crippen LogP contribution in [-0.2, 0) is 6.54 Å². The third kappa shape index (κ3) is 3.47. The third-order valence-corrected chi connectivity index (χ3v) is 2.80. The number of anilines is 1. The zero-order valence-corrected chi connectivity index (χ0v) is 10.9. The number of halogens is 1. The topological polar surface area (TPSA) is 58.6 Å². The maximum Gasteiger partial charge on any atom is 0.335 e. The Morgan fingerprint density at radius 2 is 1.95 bits per heavy atom. The van der Waals surface area contributed by atoms with Gasteiger partial charge in [-0.15, -0.1) is 0 Å². The maximum atomic E-state index is 13.3. The summed E-state index contributed by atoms with van der Waals surface area (Å²) in [5.74, 6) is -0.980. The molecular weight excluding hydrogens is 261 g/mol. The van der Waals surface area contributed by atoms with Gasteiger partial charge in [0.05, 0.1) is 12.7 Å². The van der Waals surface area contributed by atoms with Crippen LogP contribution in [0.1, 0.15) is 15.9 Å². The number of nitrogens with one attached hydrogen (secondary N) is 1. The number of carboxylic acid groups (broad SMARTS) is 1. The SMILES string of the molecule is COc1ccc(CNc2cc(F)cc(C(=O)O)c2)cc1. The molecule has 2 aromatic carbocycles. The van der Waals surface area contributed by atoms with Crippen LogP contribution < -0.4 is 10.1 Å². The van der Waals surface area contributed by atoms with Crippen LogP contribution in [0.25, 0.3) is 0 Å². The van der Waals surface area contributed by atoms with Crippen LogP contribution in [0.3, 0.4) is 0 Å². The van der Waals surface area contributed by atoms with Crippen molar-refractivity contribution in [2.24, 2.45) is 0 Å². The smallest absolute Gasteiger partial charge is 0.335 e. The Hall–Kier alpha value is -2.56. The molecule has 4 nitrogen and oxygen atoms in total. The molecule has 0 saturated heterocycles. The van der Waals surface area contributed by atoms with Crippen molar-refractivity contribution in [1.82, 2.24) is 0 Å². The molecule has 0 unspecified atom stereocenters. The van der Waals surface area contributed by atoms with Gasteiger partial charge in [0.15, 0.2) is 0 Å². The Morgan fingerprint density at radius 1 is 1.25 bits per heavy atom. The van der Waals surface area contributed by atoms with Gasteiger partial charge in [0.25, 0.3) is 0 Å². The molecule has 2 rings (SSSR count). The lowest BCUT2D eigenvalue weighted by atomic mass is 10.1. The average molecular weight is 275 g/mol. The first kappa shape index (κ1) is 13.9. The number of carbonyl (C=O) groups is 1. The summed E-state index contributed by atoms with van der Waals surface area (Å²) in [5, 5.41) is 11.9. The van der Waals surface area contributed by atoms with E-state index in [1.165, 1.54) is 12.1 Å². The van der Waals surface area contributed by atoms with Gasteiger partial charge in [-0.2, -0.15) is 0 Å². The van der Waals surface area contributed by atoms with Crippen LogP contribution in [0.4, 0.5) is 10.1 Å². The van der Waals surface area contributed by atoms with E-state index in [1.54, 1.807) is 7.11 Å². The number of hydrogen-bond donors (Lipinski definition) is 2. The Balaban J connectivity index is 2.08. The Labute approximate surface area is 115 Å². The van der Waals surface area contributed by atoms with Gasteiger partial charge in [-0.25, -0.2) is 9.18 Å². The second-order valence-corrected chi connectivity index (χ2v) is 4.24. The summed E-state index contributed by atoms with van der Waals surface area (Å²) in [4.78, 5) is 10.8. The second kappa shape index (κ2) is 6.06. The van der Waals surface area contributed by atoms with Crippen molar-refractivity contribution in [2.45, 2.75) is 6.54 Å². The molecule has 0 spiro atoms. The van der Waals surface area contributed by atoms with Gasteiger partial charge in [-0.1, -0.05) is 12.1 Å². The molecule has 0 aliphatic carbocycles. The monoisotopic (exact) mass is 275 g/mol. The predicted molar refractivity (Wildman–Crippen MR) is 73.7 cm³/mol. The maximum absolute atomic E-state index is 13.3. The molecule has 0 atom stereocenters. The summed E-state index contributed by atoms with van der Waals surface area (Å²) in [6.45, 7) is 0.465. The summed E-state index contributed by atoms with van der Waals surface area (Å²) >= 11 is 0. The van der Waals surface area contributed by atoms with Crippen LogP contribution in [0.5, 0.6) is 5.75 Å². The summed E-state index contributed by atoms with van der Waals surface area (Å²) in [5.41, 5.74) is 1.33. The van der Waals surface area contributed by atoms with E-state index in [9.17, 15) is 9.18 Å². The quantitative estimate of drug-likeness (QED) is 0.880. The van der Waals surface area contributed by atoms with Crippen molar-refractivity contribution in [2.75, 3.05) is 12.4 Å². The lowest BCUT2D eigenvalue weighted by Gasteiger charge is -2.08. The minimum absolute atomic E-state index is 0.0813. The predicted octanol–water partition coefficient (Wildman–Crippen LogP) is 3.14. The van der Waals surface area contributed by atoms with Crippen LogP contribution in [0.2, 0.25) is 0 Å². The van der Waals surface area contributed by atoms with Gasteiger partial charge in [0.1, 0.15) is 11.6 Å². The fourth-order valence-electron chi connectivity index (χ4n) is 1.76. The molecule has 0 saturated carbocycles. The molecule has 0 bridgehead atoms. The third-order valence-electron chi connectivity index (χ3n) is 2.80. The number of carboxylic acids is 1. The molecular formula is C15H14FNO3. The van der Waals surface area contributed by atoms with Crippen LogP contribution in [0.15, 0.2) is 42.5 Å². The Kier molecular flexibility index (Phi) is 4.20. The van der Waals surface area contributed by atoms with Crippen LogP contribution >= 0.6 is 0 Å². The van der Waals surface area contributed by atoms with Gasteiger partial charge in [-0.3, -0.25) is 0 Å². The summed E-state index contributed by atoms with van der Waals surface area (Å²) in [6.07, 6.45) is 0. The standard InChI is InChI=1S/C15H14FNO3/c1-20-14-4-2-10(3-5-14)9-17-13-7-11(15(18)19)6-12(16)8-13/h2-8,17H,9H2,1H3,(H,18,19). The fraction of sp³-hybridized carbons (Fsp3) is 0.133. The molecule has 0 aliphatic heterocycles. The average Bonchev–Trinajstić information content (AvgIpc) is 2.45. The summed E-state index contributed by atoms with van der Waals surface area (Å²) < 4.78 is 18.3. The molecule has 0 aliphatic rings. The van der Waals surface area contributed by atoms with Crippen molar-refractivity contribution in [3.05, 3.63) is 59.4 Å². The fourth-order valence-corrected chi connectivity index (χ4v) is 1.76. The Morgan fingerprint density at radius 3 is 2.55 bits per heavy atom. The number of methoxy groups -OCH3 is 1. The zero-order chi connectivity index (χ0) is 14.5. The first-order valence-corrected chi connectivity index (χ1v) is 5.99. The van der Waals surface area contributed by atoms with Crippen molar-refractivity contribution >= 4 is 11.7 Å². The van der Waals surface area contributed by atoms with E-state index in [1.807, 2.05) is 24.3 Å². The number of hydrogen-bond acceptors (Lipinski definition) is 3. The molecule has 0 amide bonds. The van der Waals surface area contributed by atoms with Gasteiger partial charge in [0, 0.05) is 12.2 Å². The highest BCUT2D eigenvalue weighted by Gasteiger charge is 2.07. The van der Waals surface area contributed by atoms with Gasteiger partial charge < -0.3 is 15.2 Å². The van der Waals surface area contributed by atoms with E-state index >= 15 is 0 Å². The first-order valence-electron chi connectivity index (χ1n) is 5.99. The van der Waals surface area contributed by atoms with E-state index in [4.69, 9.17) is 9.84 Å². The highest BCUT2D eigenvalue weighted by molar-refractivity contribution is 5.88. The van der Waals surface area contributed by atoms with E-state index < -0.39 is 11.8 Å². The number of benzene rings is 2.